The first-order valence-corrected chi connectivity index (χ1v) is 7.92. The smallest absolute Gasteiger partial charge is 0.307 e. The second-order valence-corrected chi connectivity index (χ2v) is 7.34. The third-order valence-corrected chi connectivity index (χ3v) is 4.34. The third kappa shape index (κ3) is 5.35. The van der Waals surface area contributed by atoms with Gasteiger partial charge in [0.2, 0.25) is 0 Å². The molecule has 0 saturated heterocycles. The molecule has 0 aliphatic heterocycles. The molecule has 0 bridgehead atoms. The van der Waals surface area contributed by atoms with E-state index in [1.54, 1.807) is 18.7 Å². The minimum atomic E-state index is -0.771. The molecule has 0 aromatic heterocycles. The van der Waals surface area contributed by atoms with Gasteiger partial charge in [-0.2, -0.15) is 0 Å². The molecule has 112 valence electrons. The van der Waals surface area contributed by atoms with E-state index in [1.165, 1.54) is 4.90 Å². The van der Waals surface area contributed by atoms with Crippen molar-refractivity contribution >= 4 is 29.3 Å². The molecule has 1 N–H and O–H groups in total. The number of halogens is 1. The van der Waals surface area contributed by atoms with Crippen molar-refractivity contribution in [2.24, 2.45) is 5.92 Å². The summed E-state index contributed by atoms with van der Waals surface area (Å²) in [5.41, 5.74) is 1.08. The minimum Gasteiger partial charge on any atom is -0.481 e. The lowest BCUT2D eigenvalue weighted by molar-refractivity contribution is -0.141. The average Bonchev–Trinajstić information content (AvgIpc) is 2.32. The number of benzene rings is 1. The highest BCUT2D eigenvalue weighted by atomic mass is 35.5. The topological polar surface area (TPSA) is 40.5 Å². The van der Waals surface area contributed by atoms with Crippen molar-refractivity contribution in [3.63, 3.8) is 0 Å². The molecule has 0 aliphatic rings. The number of carbonyl (C=O) groups is 1. The van der Waals surface area contributed by atoms with Crippen molar-refractivity contribution < 1.29 is 9.90 Å². The molecule has 0 amide bonds. The number of rotatable bonds is 7. The van der Waals surface area contributed by atoms with Crippen molar-refractivity contribution in [1.29, 1.82) is 0 Å². The van der Waals surface area contributed by atoms with Crippen LogP contribution in [0.3, 0.4) is 0 Å². The van der Waals surface area contributed by atoms with Crippen LogP contribution in [0.15, 0.2) is 23.1 Å². The number of nitrogens with zero attached hydrogens (tertiary/aromatic N) is 1. The summed E-state index contributed by atoms with van der Waals surface area (Å²) in [5.74, 6) is -1.16. The number of hydrogen-bond acceptors (Lipinski definition) is 3. The molecule has 1 aromatic rings. The van der Waals surface area contributed by atoms with Gasteiger partial charge in [-0.15, -0.1) is 11.8 Å². The van der Waals surface area contributed by atoms with Gasteiger partial charge < -0.3 is 10.0 Å². The van der Waals surface area contributed by atoms with E-state index >= 15 is 0 Å². The molecular formula is C15H22ClNO2S. The Balaban J connectivity index is 2.82. The first-order valence-electron chi connectivity index (χ1n) is 6.66. The molecule has 5 heteroatoms. The van der Waals surface area contributed by atoms with Crippen molar-refractivity contribution in [3.05, 3.63) is 28.8 Å². The van der Waals surface area contributed by atoms with Gasteiger partial charge in [-0.3, -0.25) is 4.79 Å². The number of carboxylic acid groups (broad SMARTS) is 1. The number of carboxylic acids is 1. The minimum absolute atomic E-state index is 0.385. The number of aliphatic carboxylic acids is 1. The Kier molecular flexibility index (Phi) is 6.86. The van der Waals surface area contributed by atoms with E-state index in [0.717, 1.165) is 10.6 Å². The predicted octanol–water partition coefficient (Wildman–Crippen LogP) is 3.99. The molecular weight excluding hydrogens is 294 g/mol. The molecule has 1 rings (SSSR count). The lowest BCUT2D eigenvalue weighted by Gasteiger charge is -2.22. The SMILES string of the molecule is CC(C)Sc1cccc(Cl)c1CN(C)CC(C)C(=O)O. The lowest BCUT2D eigenvalue weighted by atomic mass is 10.1. The Bertz CT molecular complexity index is 465. The molecule has 0 radical (unpaired) electrons. The van der Waals surface area contributed by atoms with E-state index in [4.69, 9.17) is 16.7 Å². The van der Waals surface area contributed by atoms with Crippen molar-refractivity contribution in [1.82, 2.24) is 4.90 Å². The summed E-state index contributed by atoms with van der Waals surface area (Å²) in [6.45, 7) is 7.17. The monoisotopic (exact) mass is 315 g/mol. The Labute approximate surface area is 130 Å². The molecule has 0 heterocycles. The summed E-state index contributed by atoms with van der Waals surface area (Å²) in [6, 6.07) is 5.91. The molecule has 0 spiro atoms. The molecule has 0 saturated carbocycles. The van der Waals surface area contributed by atoms with Crippen molar-refractivity contribution in [2.75, 3.05) is 13.6 Å². The Hall–Kier alpha value is -0.710. The van der Waals surface area contributed by atoms with Crippen molar-refractivity contribution in [3.8, 4) is 0 Å². The zero-order valence-electron chi connectivity index (χ0n) is 12.4. The van der Waals surface area contributed by atoms with Gasteiger partial charge in [-0.05, 0) is 24.7 Å². The highest BCUT2D eigenvalue weighted by molar-refractivity contribution is 8.00. The Morgan fingerprint density at radius 3 is 2.60 bits per heavy atom. The Morgan fingerprint density at radius 1 is 1.40 bits per heavy atom. The van der Waals surface area contributed by atoms with Crippen LogP contribution in [0.1, 0.15) is 26.3 Å². The maximum Gasteiger partial charge on any atom is 0.307 e. The molecule has 0 fully saturated rings. The van der Waals surface area contributed by atoms with Crippen LogP contribution in [0.5, 0.6) is 0 Å². The van der Waals surface area contributed by atoms with Gasteiger partial charge in [0.25, 0.3) is 0 Å². The number of hydrogen-bond donors (Lipinski definition) is 1. The predicted molar refractivity (Wildman–Crippen MR) is 85.6 cm³/mol. The van der Waals surface area contributed by atoms with Gasteiger partial charge in [0.1, 0.15) is 0 Å². The Morgan fingerprint density at radius 2 is 2.05 bits per heavy atom. The molecule has 1 aromatic carbocycles. The van der Waals surface area contributed by atoms with E-state index in [9.17, 15) is 4.79 Å². The van der Waals surface area contributed by atoms with Gasteiger partial charge in [0.15, 0.2) is 0 Å². The summed E-state index contributed by atoms with van der Waals surface area (Å²) in [4.78, 5) is 14.1. The normalized spacial score (nSPS) is 12.9. The lowest BCUT2D eigenvalue weighted by Crippen LogP contribution is -2.28. The summed E-state index contributed by atoms with van der Waals surface area (Å²) in [7, 11) is 1.92. The number of thioether (sulfide) groups is 1. The quantitative estimate of drug-likeness (QED) is 0.772. The van der Waals surface area contributed by atoms with Crippen LogP contribution < -0.4 is 0 Å². The third-order valence-electron chi connectivity index (χ3n) is 2.87. The highest BCUT2D eigenvalue weighted by Crippen LogP contribution is 2.32. The second kappa shape index (κ2) is 7.91. The van der Waals surface area contributed by atoms with Crippen molar-refractivity contribution in [2.45, 2.75) is 37.5 Å². The zero-order chi connectivity index (χ0) is 15.3. The second-order valence-electron chi connectivity index (χ2n) is 5.32. The highest BCUT2D eigenvalue weighted by Gasteiger charge is 2.16. The molecule has 20 heavy (non-hydrogen) atoms. The first kappa shape index (κ1) is 17.3. The molecule has 3 nitrogen and oxygen atoms in total. The summed E-state index contributed by atoms with van der Waals surface area (Å²) in [6.07, 6.45) is 0. The maximum atomic E-state index is 10.9. The fourth-order valence-electron chi connectivity index (χ4n) is 1.94. The van der Waals surface area contributed by atoms with Crippen LogP contribution in [0.2, 0.25) is 5.02 Å². The van der Waals surface area contributed by atoms with E-state index < -0.39 is 5.97 Å². The average molecular weight is 316 g/mol. The van der Waals surface area contributed by atoms with Crippen LogP contribution >= 0.6 is 23.4 Å². The van der Waals surface area contributed by atoms with Crippen LogP contribution in [0.4, 0.5) is 0 Å². The van der Waals surface area contributed by atoms with Gasteiger partial charge >= 0.3 is 5.97 Å². The zero-order valence-corrected chi connectivity index (χ0v) is 14.0. The van der Waals surface area contributed by atoms with Gasteiger partial charge in [0.05, 0.1) is 5.92 Å². The van der Waals surface area contributed by atoms with Crippen LogP contribution in [-0.2, 0) is 11.3 Å². The van der Waals surface area contributed by atoms with E-state index in [0.29, 0.717) is 18.3 Å². The molecule has 1 atom stereocenters. The maximum absolute atomic E-state index is 10.9. The van der Waals surface area contributed by atoms with E-state index in [-0.39, 0.29) is 5.92 Å². The summed E-state index contributed by atoms with van der Waals surface area (Å²) < 4.78 is 0. The van der Waals surface area contributed by atoms with Crippen LogP contribution in [0, 0.1) is 5.92 Å². The standard InChI is InChI=1S/C15H22ClNO2S/c1-10(2)20-14-7-5-6-13(16)12(14)9-17(4)8-11(3)15(18)19/h5-7,10-11H,8-9H2,1-4H3,(H,18,19). The van der Waals surface area contributed by atoms with E-state index in [1.807, 2.05) is 24.1 Å². The van der Waals surface area contributed by atoms with Crippen LogP contribution in [0.25, 0.3) is 0 Å². The summed E-state index contributed by atoms with van der Waals surface area (Å²) in [5, 5.41) is 10.2. The van der Waals surface area contributed by atoms with E-state index in [2.05, 4.69) is 19.9 Å². The largest absolute Gasteiger partial charge is 0.481 e. The molecule has 1 unspecified atom stereocenters. The molecule has 0 aliphatic carbocycles. The fourth-order valence-corrected chi connectivity index (χ4v) is 3.21. The van der Waals surface area contributed by atoms with Gasteiger partial charge in [-0.1, -0.05) is 38.4 Å². The fraction of sp³-hybridized carbons (Fsp3) is 0.533. The first-order chi connectivity index (χ1) is 9.31. The van der Waals surface area contributed by atoms with Crippen LogP contribution in [-0.4, -0.2) is 34.8 Å². The summed E-state index contributed by atoms with van der Waals surface area (Å²) >= 11 is 8.08. The van der Waals surface area contributed by atoms with Gasteiger partial charge in [-0.25, -0.2) is 0 Å². The van der Waals surface area contributed by atoms with Gasteiger partial charge in [0, 0.05) is 28.3 Å².